The lowest BCUT2D eigenvalue weighted by Crippen LogP contribution is -2.81. The standard InChI is InChI=1S/C49H66N6O9/c1-6-46-15-9-20-55-22-16-47(40(46)55)34-23-35(38(63-4)24-37(34)53(3)41(47)49(62,42(46)58)43(59)51-18-10-17-50-19-13-31(57)28-56)48(44(60)64-5)26-30-25-45(2,61)29-54(27-30)21-14-33-32-11-7-8-12-36(32)52-39(33)48/h7-9,11-12,15,23-24,30,40-42,50,52,56,58,61-62H,6,10,13-14,16-22,25-29H2,1-5H3,(H,51,59)/t30?,40?,41?,42-,45+,46-,47?,48+,49+/m1/s1. The summed E-state index contributed by atoms with van der Waals surface area (Å²) in [5, 5.41) is 54.2. The van der Waals surface area contributed by atoms with Crippen LogP contribution in [0.4, 0.5) is 5.69 Å². The highest BCUT2D eigenvalue weighted by molar-refractivity contribution is 5.95. The highest BCUT2D eigenvalue weighted by atomic mass is 16.5. The number of carbonyl (C=O) groups is 3. The summed E-state index contributed by atoms with van der Waals surface area (Å²) in [6.45, 7) is 7.75. The Morgan fingerprint density at radius 2 is 1.81 bits per heavy atom. The molecule has 1 spiro atoms. The van der Waals surface area contributed by atoms with Gasteiger partial charge in [0.1, 0.15) is 23.9 Å². The number of ether oxygens (including phenoxy) is 2. The molecular formula is C49H66N6O9. The Hall–Kier alpha value is -4.35. The zero-order valence-electron chi connectivity index (χ0n) is 37.9. The topological polar surface area (TPSA) is 200 Å². The van der Waals surface area contributed by atoms with Crippen LogP contribution in [0.5, 0.6) is 5.75 Å². The summed E-state index contributed by atoms with van der Waals surface area (Å²) in [6.07, 6.45) is 5.80. The first-order chi connectivity index (χ1) is 30.7. The number of aliphatic hydroxyl groups is 4. The highest BCUT2D eigenvalue weighted by Crippen LogP contribution is 2.67. The number of nitrogens with one attached hydrogen (secondary N) is 3. The van der Waals surface area contributed by atoms with Crippen molar-refractivity contribution < 1.29 is 44.3 Å². The summed E-state index contributed by atoms with van der Waals surface area (Å²) in [4.78, 5) is 52.2. The first kappa shape index (κ1) is 44.8. The number of rotatable bonds is 13. The number of benzene rings is 2. The second kappa shape index (κ2) is 16.5. The second-order valence-electron chi connectivity index (χ2n) is 19.9. The minimum Gasteiger partial charge on any atom is -0.496 e. The van der Waals surface area contributed by atoms with Crippen molar-refractivity contribution in [1.29, 1.82) is 0 Å². The monoisotopic (exact) mass is 882 g/mol. The maximum Gasteiger partial charge on any atom is 0.322 e. The number of aliphatic hydroxyl groups excluding tert-OH is 2. The summed E-state index contributed by atoms with van der Waals surface area (Å²) in [6, 6.07) is 11.0. The third kappa shape index (κ3) is 6.50. The second-order valence-corrected chi connectivity index (χ2v) is 19.9. The molecule has 1 saturated carbocycles. The Morgan fingerprint density at radius 1 is 1.02 bits per heavy atom. The molecular weight excluding hydrogens is 817 g/mol. The van der Waals surface area contributed by atoms with Gasteiger partial charge in [-0.05, 0) is 87.7 Å². The van der Waals surface area contributed by atoms with E-state index in [9.17, 15) is 24.9 Å². The van der Waals surface area contributed by atoms with Crippen molar-refractivity contribution in [2.45, 2.75) is 99.0 Å². The fraction of sp³-hybridized carbons (Fsp3) is 0.612. The molecule has 1 aliphatic carbocycles. The number of hydrogen-bond donors (Lipinski definition) is 7. The summed E-state index contributed by atoms with van der Waals surface area (Å²) in [5.74, 6) is -1.01. The number of para-hydroxylation sites is 1. The lowest BCUT2D eigenvalue weighted by atomic mass is 9.47. The molecule has 9 rings (SSSR count). The number of Topliss-reactive ketones (excluding diaryl/α,β-unsaturated/α-hetero) is 1. The average molecular weight is 883 g/mol. The molecule has 1 aromatic heterocycles. The van der Waals surface area contributed by atoms with Crippen LogP contribution in [0.3, 0.4) is 0 Å². The Bertz CT molecular complexity index is 2350. The van der Waals surface area contributed by atoms with E-state index in [-0.39, 0.29) is 30.7 Å². The molecule has 64 heavy (non-hydrogen) atoms. The predicted molar refractivity (Wildman–Crippen MR) is 241 cm³/mol. The summed E-state index contributed by atoms with van der Waals surface area (Å²) in [5.41, 5.74) is -1.69. The maximum absolute atomic E-state index is 15.3. The Labute approximate surface area is 375 Å². The Balaban J connectivity index is 1.22. The van der Waals surface area contributed by atoms with Gasteiger partial charge >= 0.3 is 5.97 Å². The molecule has 15 heteroatoms. The van der Waals surface area contributed by atoms with Crippen LogP contribution in [0.15, 0.2) is 48.6 Å². The molecule has 10 atom stereocenters. The number of piperidine rings is 1. The molecule has 3 aromatic rings. The number of nitrogens with zero attached hydrogens (tertiary/aromatic N) is 3. The van der Waals surface area contributed by atoms with Gasteiger partial charge in [0.25, 0.3) is 5.91 Å². The summed E-state index contributed by atoms with van der Waals surface area (Å²) < 4.78 is 12.3. The SMILES string of the molecule is CC[C@]12C=CCN3CCC4(c5cc([C@@]6(C(=O)OC)CC7CN(CCc8c6[nH]c6ccccc86)C[C@@](C)(O)C7)c(OC)cc5N(C)C4[C@@](O)(C(=O)NCCCNCCC(=O)CO)[C@@H]1O)C32. The van der Waals surface area contributed by atoms with Gasteiger partial charge in [0.2, 0.25) is 0 Å². The zero-order chi connectivity index (χ0) is 45.4. The lowest BCUT2D eigenvalue weighted by Gasteiger charge is -2.63. The lowest BCUT2D eigenvalue weighted by molar-refractivity contribution is -0.203. The number of ketones is 1. The van der Waals surface area contributed by atoms with Gasteiger partial charge in [-0.3, -0.25) is 24.2 Å². The number of carbonyl (C=O) groups excluding carboxylic acids is 3. The van der Waals surface area contributed by atoms with Gasteiger partial charge < -0.3 is 50.4 Å². The molecule has 5 aliphatic heterocycles. The van der Waals surface area contributed by atoms with E-state index in [2.05, 4.69) is 43.6 Å². The Kier molecular flexibility index (Phi) is 11.6. The molecule has 5 unspecified atom stereocenters. The van der Waals surface area contributed by atoms with Gasteiger partial charge in [-0.25, -0.2) is 0 Å². The number of anilines is 1. The van der Waals surface area contributed by atoms with Gasteiger partial charge in [0, 0.05) is 104 Å². The molecule has 3 fully saturated rings. The number of esters is 1. The van der Waals surface area contributed by atoms with Crippen LogP contribution < -0.4 is 20.3 Å². The number of aromatic amines is 1. The van der Waals surface area contributed by atoms with E-state index < -0.39 is 58.1 Å². The fourth-order valence-corrected chi connectivity index (χ4v) is 13.9. The van der Waals surface area contributed by atoms with Crippen LogP contribution in [0.2, 0.25) is 0 Å². The fourth-order valence-electron chi connectivity index (χ4n) is 13.9. The van der Waals surface area contributed by atoms with E-state index in [4.69, 9.17) is 14.6 Å². The van der Waals surface area contributed by atoms with Crippen molar-refractivity contribution in [2.75, 3.05) is 85.1 Å². The number of likely N-dealkylation sites (N-methyl/N-ethyl adjacent to an activating group) is 1. The van der Waals surface area contributed by atoms with Crippen LogP contribution in [0, 0.1) is 11.3 Å². The quantitative estimate of drug-likeness (QED) is 0.0748. The molecule has 15 nitrogen and oxygen atoms in total. The van der Waals surface area contributed by atoms with Crippen molar-refractivity contribution in [3.63, 3.8) is 0 Å². The molecule has 2 saturated heterocycles. The normalized spacial score (nSPS) is 35.1. The minimum absolute atomic E-state index is 0.109. The van der Waals surface area contributed by atoms with Gasteiger partial charge in [0.05, 0.1) is 25.9 Å². The van der Waals surface area contributed by atoms with E-state index in [1.807, 2.05) is 56.1 Å². The van der Waals surface area contributed by atoms with E-state index in [0.29, 0.717) is 95.7 Å². The highest BCUT2D eigenvalue weighted by Gasteiger charge is 2.78. The molecule has 6 aliphatic rings. The molecule has 346 valence electrons. The average Bonchev–Trinajstić information content (AvgIpc) is 3.95. The van der Waals surface area contributed by atoms with Crippen LogP contribution in [-0.2, 0) is 36.4 Å². The molecule has 2 bridgehead atoms. The van der Waals surface area contributed by atoms with Gasteiger partial charge in [-0.15, -0.1) is 0 Å². The number of amides is 1. The molecule has 2 aromatic carbocycles. The van der Waals surface area contributed by atoms with Gasteiger partial charge in [-0.1, -0.05) is 37.3 Å². The van der Waals surface area contributed by atoms with Crippen LogP contribution in [-0.4, -0.2) is 162 Å². The summed E-state index contributed by atoms with van der Waals surface area (Å²) in [7, 11) is 4.91. The number of H-pyrrole nitrogens is 1. The number of methoxy groups -OCH3 is 2. The largest absolute Gasteiger partial charge is 0.496 e. The summed E-state index contributed by atoms with van der Waals surface area (Å²) >= 11 is 0. The third-order valence-electron chi connectivity index (χ3n) is 16.2. The van der Waals surface area contributed by atoms with Gasteiger partial charge in [0.15, 0.2) is 11.4 Å². The van der Waals surface area contributed by atoms with E-state index in [1.165, 1.54) is 7.11 Å². The van der Waals surface area contributed by atoms with E-state index in [1.54, 1.807) is 7.11 Å². The Morgan fingerprint density at radius 3 is 2.56 bits per heavy atom. The van der Waals surface area contributed by atoms with Crippen molar-refractivity contribution >= 4 is 34.3 Å². The van der Waals surface area contributed by atoms with Crippen molar-refractivity contribution in [2.24, 2.45) is 11.3 Å². The maximum atomic E-state index is 15.3. The number of fused-ring (bicyclic) bond motifs is 6. The van der Waals surface area contributed by atoms with E-state index >= 15 is 4.79 Å². The molecule has 1 amide bonds. The predicted octanol–water partition coefficient (Wildman–Crippen LogP) is 1.90. The molecule has 0 radical (unpaired) electrons. The van der Waals surface area contributed by atoms with Crippen molar-refractivity contribution in [3.05, 3.63) is 70.9 Å². The van der Waals surface area contributed by atoms with Crippen LogP contribution in [0.25, 0.3) is 10.9 Å². The van der Waals surface area contributed by atoms with E-state index in [0.717, 1.165) is 33.4 Å². The number of hydrogen-bond acceptors (Lipinski definition) is 13. The molecule has 7 N–H and O–H groups in total. The van der Waals surface area contributed by atoms with Crippen LogP contribution in [0.1, 0.15) is 74.8 Å². The zero-order valence-corrected chi connectivity index (χ0v) is 37.9. The first-order valence-corrected chi connectivity index (χ1v) is 23.2. The van der Waals surface area contributed by atoms with Crippen molar-refractivity contribution in [1.82, 2.24) is 25.4 Å². The smallest absolute Gasteiger partial charge is 0.322 e. The third-order valence-corrected chi connectivity index (χ3v) is 16.2. The minimum atomic E-state index is -2.29. The first-order valence-electron chi connectivity index (χ1n) is 23.2. The van der Waals surface area contributed by atoms with Gasteiger partial charge in [-0.2, -0.15) is 0 Å². The van der Waals surface area contributed by atoms with Crippen LogP contribution >= 0.6 is 0 Å². The number of aromatic nitrogens is 1. The molecule has 6 heterocycles. The van der Waals surface area contributed by atoms with Crippen molar-refractivity contribution in [3.8, 4) is 5.75 Å².